The van der Waals surface area contributed by atoms with Gasteiger partial charge in [0.05, 0.1) is 7.11 Å². The molecular weight excluding hydrogens is 132 g/mol. The highest BCUT2D eigenvalue weighted by Crippen LogP contribution is 1.94. The van der Waals surface area contributed by atoms with E-state index in [9.17, 15) is 4.79 Å². The van der Waals surface area contributed by atoms with Gasteiger partial charge in [0, 0.05) is 0 Å². The van der Waals surface area contributed by atoms with Crippen molar-refractivity contribution in [3.63, 3.8) is 0 Å². The molecule has 0 bridgehead atoms. The number of allylic oxidation sites excluding steroid dienone is 1. The first-order chi connectivity index (χ1) is 4.70. The zero-order chi connectivity index (χ0) is 7.98. The van der Waals surface area contributed by atoms with Crippen molar-refractivity contribution in [2.75, 3.05) is 7.11 Å². The molecule has 3 nitrogen and oxygen atoms in total. The summed E-state index contributed by atoms with van der Waals surface area (Å²) >= 11 is 0. The monoisotopic (exact) mass is 144 g/mol. The van der Waals surface area contributed by atoms with Gasteiger partial charge in [-0.3, -0.25) is 0 Å². The Kier molecular flexibility index (Phi) is 4.37. The fraction of sp³-hybridized carbons (Fsp3) is 0.571. The van der Waals surface area contributed by atoms with Crippen molar-refractivity contribution in [1.29, 1.82) is 0 Å². The van der Waals surface area contributed by atoms with Gasteiger partial charge in [-0.25, -0.2) is 4.79 Å². The maximum Gasteiger partial charge on any atom is 0.508 e. The second-order valence-corrected chi connectivity index (χ2v) is 1.80. The van der Waals surface area contributed by atoms with E-state index in [0.29, 0.717) is 0 Å². The molecule has 0 aromatic rings. The van der Waals surface area contributed by atoms with Crippen LogP contribution >= 0.6 is 0 Å². The number of hydrogen-bond acceptors (Lipinski definition) is 3. The zero-order valence-electron chi connectivity index (χ0n) is 6.46. The van der Waals surface area contributed by atoms with E-state index in [0.717, 1.165) is 0 Å². The third-order valence-electron chi connectivity index (χ3n) is 0.912. The average molecular weight is 144 g/mol. The fourth-order valence-electron chi connectivity index (χ4n) is 0.510. The topological polar surface area (TPSA) is 35.5 Å². The highest BCUT2D eigenvalue weighted by Gasteiger charge is 2.03. The predicted molar refractivity (Wildman–Crippen MR) is 37.8 cm³/mol. The van der Waals surface area contributed by atoms with Crippen molar-refractivity contribution in [1.82, 2.24) is 0 Å². The Bertz CT molecular complexity index is 129. The van der Waals surface area contributed by atoms with Gasteiger partial charge < -0.3 is 9.47 Å². The lowest BCUT2D eigenvalue weighted by molar-refractivity contribution is 0.0578. The molecule has 0 aliphatic rings. The van der Waals surface area contributed by atoms with E-state index < -0.39 is 6.16 Å². The van der Waals surface area contributed by atoms with Gasteiger partial charge in [0.2, 0.25) is 0 Å². The molecule has 0 aromatic heterocycles. The maximum atomic E-state index is 10.4. The zero-order valence-corrected chi connectivity index (χ0v) is 6.46. The van der Waals surface area contributed by atoms with Crippen LogP contribution in [-0.4, -0.2) is 19.4 Å². The van der Waals surface area contributed by atoms with E-state index in [2.05, 4.69) is 4.74 Å². The van der Waals surface area contributed by atoms with E-state index in [-0.39, 0.29) is 6.10 Å². The van der Waals surface area contributed by atoms with Crippen LogP contribution in [0.5, 0.6) is 0 Å². The van der Waals surface area contributed by atoms with Gasteiger partial charge in [0.15, 0.2) is 0 Å². The van der Waals surface area contributed by atoms with Crippen LogP contribution in [0.2, 0.25) is 0 Å². The second kappa shape index (κ2) is 4.85. The van der Waals surface area contributed by atoms with Crippen molar-refractivity contribution in [2.45, 2.75) is 20.0 Å². The number of ether oxygens (including phenoxy) is 2. The van der Waals surface area contributed by atoms with Gasteiger partial charge in [-0.2, -0.15) is 0 Å². The molecule has 0 fully saturated rings. The van der Waals surface area contributed by atoms with E-state index >= 15 is 0 Å². The molecule has 0 aliphatic heterocycles. The standard InChI is InChI=1S/C7H12O3/c1-4-5-6(2)10-7(8)9-3/h4-6H,1-3H3. The Morgan fingerprint density at radius 2 is 2.20 bits per heavy atom. The minimum atomic E-state index is -0.648. The summed E-state index contributed by atoms with van der Waals surface area (Å²) in [7, 11) is 1.28. The third-order valence-corrected chi connectivity index (χ3v) is 0.912. The van der Waals surface area contributed by atoms with Gasteiger partial charge in [-0.05, 0) is 19.9 Å². The van der Waals surface area contributed by atoms with Crippen LogP contribution in [0.15, 0.2) is 12.2 Å². The fourth-order valence-corrected chi connectivity index (χ4v) is 0.510. The van der Waals surface area contributed by atoms with E-state index in [4.69, 9.17) is 4.74 Å². The molecule has 0 N–H and O–H groups in total. The first-order valence-corrected chi connectivity index (χ1v) is 3.08. The molecule has 0 saturated heterocycles. The summed E-state index contributed by atoms with van der Waals surface area (Å²) in [5, 5.41) is 0. The number of methoxy groups -OCH3 is 1. The average Bonchev–Trinajstić information content (AvgIpc) is 1.88. The first-order valence-electron chi connectivity index (χ1n) is 3.08. The van der Waals surface area contributed by atoms with Crippen LogP contribution in [0.4, 0.5) is 4.79 Å². The van der Waals surface area contributed by atoms with Crippen molar-refractivity contribution < 1.29 is 14.3 Å². The minimum absolute atomic E-state index is 0.211. The van der Waals surface area contributed by atoms with Crippen LogP contribution in [0, 0.1) is 0 Å². The van der Waals surface area contributed by atoms with Crippen LogP contribution in [0.3, 0.4) is 0 Å². The Hall–Kier alpha value is -0.990. The van der Waals surface area contributed by atoms with Crippen LogP contribution in [0.25, 0.3) is 0 Å². The smallest absolute Gasteiger partial charge is 0.438 e. The lowest BCUT2D eigenvalue weighted by Crippen LogP contribution is -2.11. The van der Waals surface area contributed by atoms with Gasteiger partial charge in [0.1, 0.15) is 6.10 Å². The van der Waals surface area contributed by atoms with Crippen LogP contribution in [-0.2, 0) is 9.47 Å². The Labute approximate surface area is 60.6 Å². The molecular formula is C7H12O3. The van der Waals surface area contributed by atoms with Crippen molar-refractivity contribution in [3.05, 3.63) is 12.2 Å². The number of hydrogen-bond donors (Lipinski definition) is 0. The summed E-state index contributed by atoms with van der Waals surface area (Å²) in [6.45, 7) is 3.62. The summed E-state index contributed by atoms with van der Waals surface area (Å²) in [4.78, 5) is 10.4. The third kappa shape index (κ3) is 3.95. The highest BCUT2D eigenvalue weighted by atomic mass is 16.7. The summed E-state index contributed by atoms with van der Waals surface area (Å²) in [6, 6.07) is 0. The molecule has 0 heterocycles. The van der Waals surface area contributed by atoms with Crippen LogP contribution < -0.4 is 0 Å². The Morgan fingerprint density at radius 1 is 1.60 bits per heavy atom. The number of carbonyl (C=O) groups excluding carboxylic acids is 1. The molecule has 0 amide bonds. The molecule has 0 rings (SSSR count). The summed E-state index contributed by atoms with van der Waals surface area (Å²) in [5.74, 6) is 0. The predicted octanol–water partition coefficient (Wildman–Crippen LogP) is 1.73. The molecule has 0 radical (unpaired) electrons. The maximum absolute atomic E-state index is 10.4. The molecule has 0 aliphatic carbocycles. The molecule has 58 valence electrons. The molecule has 1 unspecified atom stereocenters. The molecule has 10 heavy (non-hydrogen) atoms. The minimum Gasteiger partial charge on any atom is -0.438 e. The van der Waals surface area contributed by atoms with Gasteiger partial charge in [-0.15, -0.1) is 0 Å². The molecule has 0 aromatic carbocycles. The number of carbonyl (C=O) groups is 1. The second-order valence-electron chi connectivity index (χ2n) is 1.80. The summed E-state index contributed by atoms with van der Waals surface area (Å²) < 4.78 is 8.96. The largest absolute Gasteiger partial charge is 0.508 e. The van der Waals surface area contributed by atoms with Gasteiger partial charge in [0.25, 0.3) is 0 Å². The normalized spacial score (nSPS) is 13.1. The lowest BCUT2D eigenvalue weighted by atomic mass is 10.4. The van der Waals surface area contributed by atoms with Gasteiger partial charge >= 0.3 is 6.16 Å². The lowest BCUT2D eigenvalue weighted by Gasteiger charge is -2.05. The van der Waals surface area contributed by atoms with Crippen molar-refractivity contribution in [3.8, 4) is 0 Å². The highest BCUT2D eigenvalue weighted by molar-refractivity contribution is 5.59. The molecule has 0 spiro atoms. The quantitative estimate of drug-likeness (QED) is 0.437. The molecule has 0 saturated carbocycles. The van der Waals surface area contributed by atoms with E-state index in [1.165, 1.54) is 7.11 Å². The SMILES string of the molecule is CC=CC(C)OC(=O)OC. The first kappa shape index (κ1) is 9.01. The van der Waals surface area contributed by atoms with Crippen molar-refractivity contribution >= 4 is 6.16 Å². The van der Waals surface area contributed by atoms with E-state index in [1.807, 2.05) is 13.0 Å². The number of rotatable bonds is 2. The van der Waals surface area contributed by atoms with Crippen LogP contribution in [0.1, 0.15) is 13.8 Å². The van der Waals surface area contributed by atoms with Gasteiger partial charge in [-0.1, -0.05) is 6.08 Å². The summed E-state index contributed by atoms with van der Waals surface area (Å²) in [6.07, 6.45) is 2.72. The molecule has 1 atom stereocenters. The van der Waals surface area contributed by atoms with E-state index in [1.54, 1.807) is 13.0 Å². The summed E-state index contributed by atoms with van der Waals surface area (Å²) in [5.41, 5.74) is 0. The Morgan fingerprint density at radius 3 is 2.60 bits per heavy atom. The Balaban J connectivity index is 3.57. The van der Waals surface area contributed by atoms with Crippen molar-refractivity contribution in [2.24, 2.45) is 0 Å². The molecule has 3 heteroatoms.